The summed E-state index contributed by atoms with van der Waals surface area (Å²) in [7, 11) is -3.25. The van der Waals surface area contributed by atoms with Gasteiger partial charge in [0, 0.05) is 6.04 Å². The molecule has 19 heavy (non-hydrogen) atoms. The van der Waals surface area contributed by atoms with Crippen molar-refractivity contribution in [3.05, 3.63) is 29.8 Å². The summed E-state index contributed by atoms with van der Waals surface area (Å²) in [4.78, 5) is 0.386. The molecule has 0 bridgehead atoms. The zero-order valence-corrected chi connectivity index (χ0v) is 12.7. The van der Waals surface area contributed by atoms with Gasteiger partial charge in [-0.15, -0.1) is 0 Å². The van der Waals surface area contributed by atoms with Gasteiger partial charge in [-0.25, -0.2) is 8.42 Å². The van der Waals surface area contributed by atoms with Crippen molar-refractivity contribution in [1.82, 2.24) is 0 Å². The predicted molar refractivity (Wildman–Crippen MR) is 77.9 cm³/mol. The SMILES string of the molecule is CC(C)(C)c1ccc(S(=O)(=O)CC(N)C2CC2)cc1. The summed E-state index contributed by atoms with van der Waals surface area (Å²) in [6.45, 7) is 6.33. The second-order valence-electron chi connectivity index (χ2n) is 6.56. The van der Waals surface area contributed by atoms with E-state index in [0.29, 0.717) is 10.8 Å². The van der Waals surface area contributed by atoms with E-state index in [2.05, 4.69) is 20.8 Å². The van der Waals surface area contributed by atoms with Crippen LogP contribution in [0, 0.1) is 5.92 Å². The van der Waals surface area contributed by atoms with Gasteiger partial charge in [-0.1, -0.05) is 32.9 Å². The molecular weight excluding hydrogens is 258 g/mol. The van der Waals surface area contributed by atoms with Crippen LogP contribution < -0.4 is 5.73 Å². The summed E-state index contributed by atoms with van der Waals surface area (Å²) >= 11 is 0. The van der Waals surface area contributed by atoms with Gasteiger partial charge in [0.15, 0.2) is 9.84 Å². The molecule has 1 unspecified atom stereocenters. The molecule has 106 valence electrons. The highest BCUT2D eigenvalue weighted by Crippen LogP contribution is 2.33. The lowest BCUT2D eigenvalue weighted by atomic mass is 9.87. The molecule has 0 amide bonds. The summed E-state index contributed by atoms with van der Waals surface area (Å²) < 4.78 is 24.5. The average molecular weight is 281 g/mol. The first-order valence-corrected chi connectivity index (χ1v) is 8.44. The molecule has 1 aliphatic carbocycles. The van der Waals surface area contributed by atoms with Crippen molar-refractivity contribution in [2.75, 3.05) is 5.75 Å². The summed E-state index contributed by atoms with van der Waals surface area (Å²) in [5.74, 6) is 0.468. The first-order chi connectivity index (χ1) is 8.70. The second kappa shape index (κ2) is 4.91. The Balaban J connectivity index is 2.16. The Morgan fingerprint density at radius 2 is 1.74 bits per heavy atom. The van der Waals surface area contributed by atoms with Gasteiger partial charge in [0.1, 0.15) is 0 Å². The lowest BCUT2D eigenvalue weighted by Crippen LogP contribution is -2.31. The quantitative estimate of drug-likeness (QED) is 0.922. The van der Waals surface area contributed by atoms with E-state index in [0.717, 1.165) is 18.4 Å². The van der Waals surface area contributed by atoms with Crippen molar-refractivity contribution in [2.45, 2.75) is 50.0 Å². The average Bonchev–Trinajstić information content (AvgIpc) is 3.11. The highest BCUT2D eigenvalue weighted by molar-refractivity contribution is 7.91. The normalized spacial score (nSPS) is 18.3. The third-order valence-electron chi connectivity index (χ3n) is 3.72. The summed E-state index contributed by atoms with van der Waals surface area (Å²) in [6.07, 6.45) is 2.14. The Labute approximate surface area is 116 Å². The Morgan fingerprint density at radius 1 is 1.21 bits per heavy atom. The second-order valence-corrected chi connectivity index (χ2v) is 8.59. The number of sulfone groups is 1. The Hall–Kier alpha value is -0.870. The maximum atomic E-state index is 12.3. The van der Waals surface area contributed by atoms with Crippen LogP contribution in [0.5, 0.6) is 0 Å². The van der Waals surface area contributed by atoms with E-state index >= 15 is 0 Å². The van der Waals surface area contributed by atoms with E-state index in [1.807, 2.05) is 12.1 Å². The van der Waals surface area contributed by atoms with Crippen molar-refractivity contribution in [3.8, 4) is 0 Å². The van der Waals surface area contributed by atoms with Crippen LogP contribution >= 0.6 is 0 Å². The fourth-order valence-corrected chi connectivity index (χ4v) is 3.69. The van der Waals surface area contributed by atoms with Crippen molar-refractivity contribution in [3.63, 3.8) is 0 Å². The van der Waals surface area contributed by atoms with Gasteiger partial charge in [-0.2, -0.15) is 0 Å². The minimum absolute atomic E-state index is 0.0344. The molecule has 0 heterocycles. The molecule has 1 atom stereocenters. The molecule has 0 spiro atoms. The van der Waals surface area contributed by atoms with E-state index in [1.165, 1.54) is 0 Å². The van der Waals surface area contributed by atoms with E-state index in [4.69, 9.17) is 5.73 Å². The number of nitrogens with two attached hydrogens (primary N) is 1. The maximum absolute atomic E-state index is 12.3. The van der Waals surface area contributed by atoms with E-state index in [-0.39, 0.29) is 17.2 Å². The summed E-state index contributed by atoms with van der Waals surface area (Å²) in [6, 6.07) is 6.99. The van der Waals surface area contributed by atoms with Crippen molar-refractivity contribution >= 4 is 9.84 Å². The third-order valence-corrected chi connectivity index (χ3v) is 5.53. The van der Waals surface area contributed by atoms with Crippen molar-refractivity contribution in [2.24, 2.45) is 11.7 Å². The number of hydrogen-bond acceptors (Lipinski definition) is 3. The molecule has 4 heteroatoms. The lowest BCUT2D eigenvalue weighted by Gasteiger charge is -2.19. The van der Waals surface area contributed by atoms with Gasteiger partial charge in [0.25, 0.3) is 0 Å². The van der Waals surface area contributed by atoms with Gasteiger partial charge in [-0.05, 0) is 41.9 Å². The smallest absolute Gasteiger partial charge is 0.179 e. The molecule has 1 aliphatic rings. The van der Waals surface area contributed by atoms with Gasteiger partial charge in [0.2, 0.25) is 0 Å². The molecule has 0 radical (unpaired) electrons. The Morgan fingerprint density at radius 3 is 2.16 bits per heavy atom. The lowest BCUT2D eigenvalue weighted by molar-refractivity contribution is 0.572. The minimum Gasteiger partial charge on any atom is -0.327 e. The number of hydrogen-bond donors (Lipinski definition) is 1. The number of benzene rings is 1. The summed E-state index contributed by atoms with van der Waals surface area (Å²) in [5, 5.41) is 0. The molecule has 0 aliphatic heterocycles. The molecule has 2 N–H and O–H groups in total. The first-order valence-electron chi connectivity index (χ1n) is 6.79. The van der Waals surface area contributed by atoms with Gasteiger partial charge in [0.05, 0.1) is 10.6 Å². The highest BCUT2D eigenvalue weighted by Gasteiger charge is 2.32. The van der Waals surface area contributed by atoms with Crippen LogP contribution in [-0.4, -0.2) is 20.2 Å². The van der Waals surface area contributed by atoms with Crippen LogP contribution in [-0.2, 0) is 15.3 Å². The molecule has 1 saturated carbocycles. The van der Waals surface area contributed by atoms with Crippen LogP contribution in [0.25, 0.3) is 0 Å². The van der Waals surface area contributed by atoms with Crippen LogP contribution in [0.3, 0.4) is 0 Å². The van der Waals surface area contributed by atoms with Gasteiger partial charge < -0.3 is 5.73 Å². The molecule has 0 aromatic heterocycles. The molecule has 1 aromatic carbocycles. The van der Waals surface area contributed by atoms with Crippen LogP contribution in [0.4, 0.5) is 0 Å². The van der Waals surface area contributed by atoms with Crippen LogP contribution in [0.2, 0.25) is 0 Å². The molecule has 3 nitrogen and oxygen atoms in total. The zero-order valence-electron chi connectivity index (χ0n) is 11.9. The third kappa shape index (κ3) is 3.57. The predicted octanol–water partition coefficient (Wildman–Crippen LogP) is 2.50. The molecule has 1 aromatic rings. The largest absolute Gasteiger partial charge is 0.327 e. The zero-order chi connectivity index (χ0) is 14.3. The number of rotatable bonds is 4. The van der Waals surface area contributed by atoms with Gasteiger partial charge >= 0.3 is 0 Å². The van der Waals surface area contributed by atoms with Crippen LogP contribution in [0.1, 0.15) is 39.2 Å². The highest BCUT2D eigenvalue weighted by atomic mass is 32.2. The van der Waals surface area contributed by atoms with Crippen molar-refractivity contribution < 1.29 is 8.42 Å². The molecular formula is C15H23NO2S. The van der Waals surface area contributed by atoms with Gasteiger partial charge in [-0.3, -0.25) is 0 Å². The fourth-order valence-electron chi connectivity index (χ4n) is 2.17. The van der Waals surface area contributed by atoms with Crippen molar-refractivity contribution in [1.29, 1.82) is 0 Å². The Kier molecular flexibility index (Phi) is 3.76. The summed E-state index contributed by atoms with van der Waals surface area (Å²) in [5.41, 5.74) is 7.09. The minimum atomic E-state index is -3.25. The van der Waals surface area contributed by atoms with E-state index in [1.54, 1.807) is 12.1 Å². The Bertz CT molecular complexity index is 537. The monoisotopic (exact) mass is 281 g/mol. The fraction of sp³-hybridized carbons (Fsp3) is 0.600. The molecule has 0 saturated heterocycles. The molecule has 1 fully saturated rings. The standard InChI is InChI=1S/C15H23NO2S/c1-15(2,3)12-6-8-13(9-7-12)19(17,18)10-14(16)11-4-5-11/h6-9,11,14H,4-5,10,16H2,1-3H3. The van der Waals surface area contributed by atoms with E-state index < -0.39 is 9.84 Å². The van der Waals surface area contributed by atoms with E-state index in [9.17, 15) is 8.42 Å². The van der Waals surface area contributed by atoms with Crippen LogP contribution in [0.15, 0.2) is 29.2 Å². The molecule has 2 rings (SSSR count). The maximum Gasteiger partial charge on any atom is 0.179 e. The topological polar surface area (TPSA) is 60.2 Å². The first kappa shape index (κ1) is 14.5.